The van der Waals surface area contributed by atoms with Crippen LogP contribution in [0.5, 0.6) is 0 Å². The molecule has 0 aliphatic rings. The Morgan fingerprint density at radius 1 is 1.28 bits per heavy atom. The van der Waals surface area contributed by atoms with Gasteiger partial charge in [0.25, 0.3) is 0 Å². The monoisotopic (exact) mass is 301 g/mol. The summed E-state index contributed by atoms with van der Waals surface area (Å²) in [6.45, 7) is 0.786. The van der Waals surface area contributed by atoms with E-state index in [1.807, 2.05) is 0 Å². The predicted octanol–water partition coefficient (Wildman–Crippen LogP) is 4.15. The van der Waals surface area contributed by atoms with Crippen molar-refractivity contribution in [3.8, 4) is 0 Å². The van der Waals surface area contributed by atoms with E-state index in [1.54, 1.807) is 24.5 Å². The van der Waals surface area contributed by atoms with Crippen LogP contribution in [0.1, 0.15) is 5.56 Å². The van der Waals surface area contributed by atoms with Gasteiger partial charge in [-0.2, -0.15) is 11.3 Å². The van der Waals surface area contributed by atoms with Crippen LogP contribution in [-0.2, 0) is 6.42 Å². The highest BCUT2D eigenvalue weighted by Gasteiger charge is 2.07. The van der Waals surface area contributed by atoms with Crippen molar-refractivity contribution in [1.82, 2.24) is 4.98 Å². The third-order valence-corrected chi connectivity index (χ3v) is 3.76. The van der Waals surface area contributed by atoms with E-state index in [2.05, 4.69) is 32.4 Å². The largest absolute Gasteiger partial charge is 0.372 e. The number of thiophene rings is 1. The first-order valence-electron chi connectivity index (χ1n) is 5.49. The van der Waals surface area contributed by atoms with E-state index in [9.17, 15) is 0 Å². The molecule has 0 aliphatic heterocycles. The molecular weight excluding hydrogens is 289 g/mol. The number of halogens is 2. The fourth-order valence-corrected chi connectivity index (χ4v) is 2.75. The third kappa shape index (κ3) is 3.28. The summed E-state index contributed by atoms with van der Waals surface area (Å²) in [6.07, 6.45) is 0.943. The van der Waals surface area contributed by atoms with Crippen LogP contribution in [0.2, 0.25) is 10.0 Å². The molecule has 6 heteroatoms. The normalized spacial score (nSPS) is 10.4. The molecule has 0 radical (unpaired) electrons. The molecule has 0 aromatic carbocycles. The van der Waals surface area contributed by atoms with Gasteiger partial charge in [0, 0.05) is 13.6 Å². The zero-order chi connectivity index (χ0) is 13.0. The summed E-state index contributed by atoms with van der Waals surface area (Å²) in [7, 11) is 1.78. The summed E-state index contributed by atoms with van der Waals surface area (Å²) in [4.78, 5) is 4.33. The number of nitrogens with one attached hydrogen (secondary N) is 2. The molecule has 18 heavy (non-hydrogen) atoms. The molecule has 0 saturated heterocycles. The Bertz CT molecular complexity index is 514. The van der Waals surface area contributed by atoms with Gasteiger partial charge in [-0.1, -0.05) is 23.2 Å². The van der Waals surface area contributed by atoms with Gasteiger partial charge in [-0.25, -0.2) is 4.98 Å². The average Bonchev–Trinajstić information content (AvgIpc) is 2.85. The Labute approximate surface area is 120 Å². The minimum atomic E-state index is 0.519. The van der Waals surface area contributed by atoms with Gasteiger partial charge in [-0.15, -0.1) is 0 Å². The minimum Gasteiger partial charge on any atom is -0.372 e. The topological polar surface area (TPSA) is 37.0 Å². The predicted molar refractivity (Wildman–Crippen MR) is 80.3 cm³/mol. The average molecular weight is 302 g/mol. The van der Waals surface area contributed by atoms with Gasteiger partial charge in [-0.05, 0) is 34.9 Å². The second-order valence-corrected chi connectivity index (χ2v) is 5.30. The van der Waals surface area contributed by atoms with Crippen molar-refractivity contribution in [3.63, 3.8) is 0 Å². The lowest BCUT2D eigenvalue weighted by Crippen LogP contribution is -2.07. The molecule has 2 aromatic heterocycles. The van der Waals surface area contributed by atoms with Crippen molar-refractivity contribution in [2.24, 2.45) is 0 Å². The van der Waals surface area contributed by atoms with Crippen LogP contribution < -0.4 is 10.6 Å². The maximum absolute atomic E-state index is 6.08. The molecule has 0 aliphatic carbocycles. The van der Waals surface area contributed by atoms with E-state index in [4.69, 9.17) is 23.2 Å². The highest BCUT2D eigenvalue weighted by Crippen LogP contribution is 2.28. The molecular formula is C12H13Cl2N3S. The molecule has 0 saturated carbocycles. The smallest absolute Gasteiger partial charge is 0.147 e. The van der Waals surface area contributed by atoms with E-state index in [1.165, 1.54) is 5.56 Å². The maximum atomic E-state index is 6.08. The number of hydrogen-bond acceptors (Lipinski definition) is 4. The van der Waals surface area contributed by atoms with E-state index in [-0.39, 0.29) is 0 Å². The Morgan fingerprint density at radius 2 is 2.06 bits per heavy atom. The number of nitrogens with zero attached hydrogens (tertiary/aromatic N) is 1. The Morgan fingerprint density at radius 3 is 2.72 bits per heavy atom. The lowest BCUT2D eigenvalue weighted by molar-refractivity contribution is 1.01. The van der Waals surface area contributed by atoms with Crippen molar-refractivity contribution in [2.45, 2.75) is 6.42 Å². The molecule has 2 heterocycles. The summed E-state index contributed by atoms with van der Waals surface area (Å²) in [5.74, 6) is 1.28. The second kappa shape index (κ2) is 6.27. The molecule has 0 spiro atoms. The number of anilines is 2. The van der Waals surface area contributed by atoms with Gasteiger partial charge in [0.15, 0.2) is 0 Å². The van der Waals surface area contributed by atoms with Crippen molar-refractivity contribution in [1.29, 1.82) is 0 Å². The fraction of sp³-hybridized carbons (Fsp3) is 0.250. The standard InChI is InChI=1S/C12H13Cl2N3S/c1-15-11-9(13)6-10(14)12(17-11)16-4-2-8-3-5-18-7-8/h3,5-7H,2,4H2,1H3,(H2,15,16,17). The van der Waals surface area contributed by atoms with Gasteiger partial charge < -0.3 is 10.6 Å². The first kappa shape index (κ1) is 13.5. The van der Waals surface area contributed by atoms with Crippen LogP contribution in [0.3, 0.4) is 0 Å². The number of hydrogen-bond donors (Lipinski definition) is 2. The van der Waals surface area contributed by atoms with Crippen molar-refractivity contribution < 1.29 is 0 Å². The van der Waals surface area contributed by atoms with E-state index >= 15 is 0 Å². The van der Waals surface area contributed by atoms with Crippen LogP contribution in [-0.4, -0.2) is 18.6 Å². The Balaban J connectivity index is 2.00. The van der Waals surface area contributed by atoms with E-state index in [0.717, 1.165) is 13.0 Å². The molecule has 96 valence electrons. The molecule has 2 aromatic rings. The lowest BCUT2D eigenvalue weighted by Gasteiger charge is -2.10. The van der Waals surface area contributed by atoms with Crippen LogP contribution in [0.25, 0.3) is 0 Å². The molecule has 2 N–H and O–H groups in total. The zero-order valence-electron chi connectivity index (χ0n) is 9.84. The molecule has 3 nitrogen and oxygen atoms in total. The third-order valence-electron chi connectivity index (χ3n) is 2.45. The lowest BCUT2D eigenvalue weighted by atomic mass is 10.2. The molecule has 0 bridgehead atoms. The Hall–Kier alpha value is -0.970. The van der Waals surface area contributed by atoms with Gasteiger partial charge in [0.2, 0.25) is 0 Å². The first-order valence-corrected chi connectivity index (χ1v) is 7.19. The number of pyridine rings is 1. The van der Waals surface area contributed by atoms with Crippen molar-refractivity contribution in [3.05, 3.63) is 38.5 Å². The van der Waals surface area contributed by atoms with Crippen LogP contribution in [0, 0.1) is 0 Å². The first-order chi connectivity index (χ1) is 8.70. The summed E-state index contributed by atoms with van der Waals surface area (Å²) in [5, 5.41) is 11.4. The summed E-state index contributed by atoms with van der Waals surface area (Å²) in [6, 6.07) is 3.80. The Kier molecular flexibility index (Phi) is 4.69. The SMILES string of the molecule is CNc1nc(NCCc2ccsc2)c(Cl)cc1Cl. The molecule has 0 fully saturated rings. The molecule has 0 unspecified atom stereocenters. The van der Waals surface area contributed by atoms with Crippen molar-refractivity contribution >= 4 is 46.2 Å². The summed E-state index contributed by atoms with van der Waals surface area (Å²) < 4.78 is 0. The van der Waals surface area contributed by atoms with Crippen LogP contribution in [0.4, 0.5) is 11.6 Å². The van der Waals surface area contributed by atoms with Gasteiger partial charge in [0.1, 0.15) is 11.6 Å². The molecule has 0 atom stereocenters. The molecule has 0 amide bonds. The van der Waals surface area contributed by atoms with E-state index < -0.39 is 0 Å². The van der Waals surface area contributed by atoms with Crippen molar-refractivity contribution in [2.75, 3.05) is 24.2 Å². The van der Waals surface area contributed by atoms with Gasteiger partial charge in [-0.3, -0.25) is 0 Å². The number of aromatic nitrogens is 1. The van der Waals surface area contributed by atoms with Crippen LogP contribution in [0.15, 0.2) is 22.9 Å². The maximum Gasteiger partial charge on any atom is 0.147 e. The molecule has 2 rings (SSSR count). The van der Waals surface area contributed by atoms with Gasteiger partial charge in [0.05, 0.1) is 10.0 Å². The highest BCUT2D eigenvalue weighted by molar-refractivity contribution is 7.07. The summed E-state index contributed by atoms with van der Waals surface area (Å²) >= 11 is 13.8. The fourth-order valence-electron chi connectivity index (χ4n) is 1.53. The zero-order valence-corrected chi connectivity index (χ0v) is 12.2. The van der Waals surface area contributed by atoms with Crippen LogP contribution >= 0.6 is 34.5 Å². The second-order valence-electron chi connectivity index (χ2n) is 3.71. The van der Waals surface area contributed by atoms with Gasteiger partial charge >= 0.3 is 0 Å². The quantitative estimate of drug-likeness (QED) is 0.871. The number of rotatable bonds is 5. The summed E-state index contributed by atoms with van der Waals surface area (Å²) in [5.41, 5.74) is 1.31. The highest BCUT2D eigenvalue weighted by atomic mass is 35.5. The minimum absolute atomic E-state index is 0.519. The van der Waals surface area contributed by atoms with E-state index in [0.29, 0.717) is 21.7 Å².